The molecule has 88 valence electrons. The van der Waals surface area contributed by atoms with Crippen LogP contribution in [0.3, 0.4) is 0 Å². The Kier molecular flexibility index (Phi) is 3.03. The molecule has 1 aromatic rings. The van der Waals surface area contributed by atoms with Gasteiger partial charge in [0.25, 0.3) is 5.92 Å². The highest BCUT2D eigenvalue weighted by atomic mass is 79.9. The fourth-order valence-electron chi connectivity index (χ4n) is 1.51. The number of halogens is 3. The third-order valence-electron chi connectivity index (χ3n) is 2.26. The van der Waals surface area contributed by atoms with Crippen LogP contribution in [0.2, 0.25) is 0 Å². The Morgan fingerprint density at radius 1 is 1.38 bits per heavy atom. The lowest BCUT2D eigenvalue weighted by Crippen LogP contribution is -2.28. The Hall–Kier alpha value is -0.880. The fourth-order valence-corrected chi connectivity index (χ4v) is 2.13. The second-order valence-electron chi connectivity index (χ2n) is 3.42. The lowest BCUT2D eigenvalue weighted by molar-refractivity contribution is -0.00215. The van der Waals surface area contributed by atoms with Crippen molar-refractivity contribution < 1.29 is 18.3 Å². The molecule has 1 N–H and O–H groups in total. The Morgan fingerprint density at radius 3 is 2.62 bits per heavy atom. The summed E-state index contributed by atoms with van der Waals surface area (Å²) >= 11 is 3.11. The van der Waals surface area contributed by atoms with E-state index in [0.29, 0.717) is 16.0 Å². The Labute approximate surface area is 99.9 Å². The van der Waals surface area contributed by atoms with Crippen LogP contribution in [-0.4, -0.2) is 20.4 Å². The number of hydrogen-bond acceptors (Lipinski definition) is 3. The maximum Gasteiger partial charge on any atom is 0.286 e. The molecule has 0 aromatic heterocycles. The van der Waals surface area contributed by atoms with Gasteiger partial charge in [0.2, 0.25) is 6.79 Å². The molecule has 0 saturated heterocycles. The summed E-state index contributed by atoms with van der Waals surface area (Å²) in [6.45, 7) is -0.353. The standard InChI is InChI=1S/C10H10BrF2NO2/c1-14-4-10(12,13)6-2-8-9(3-7(6)11)16-5-15-8/h2-3,14H,4-5H2,1H3. The molecule has 16 heavy (non-hydrogen) atoms. The van der Waals surface area contributed by atoms with Gasteiger partial charge >= 0.3 is 0 Å². The molecular weight excluding hydrogens is 284 g/mol. The number of benzene rings is 1. The first kappa shape index (κ1) is 11.6. The predicted molar refractivity (Wildman–Crippen MR) is 58.1 cm³/mol. The number of ether oxygens (including phenoxy) is 2. The summed E-state index contributed by atoms with van der Waals surface area (Å²) in [5.74, 6) is -2.11. The van der Waals surface area contributed by atoms with E-state index in [9.17, 15) is 8.78 Å². The van der Waals surface area contributed by atoms with Crippen LogP contribution in [0.1, 0.15) is 5.56 Å². The molecule has 0 radical (unpaired) electrons. The van der Waals surface area contributed by atoms with Crippen LogP contribution < -0.4 is 14.8 Å². The Bertz CT molecular complexity index is 412. The minimum absolute atomic E-state index is 0.0722. The first-order valence-electron chi connectivity index (χ1n) is 4.66. The van der Waals surface area contributed by atoms with Crippen molar-refractivity contribution in [1.82, 2.24) is 5.32 Å². The van der Waals surface area contributed by atoms with Crippen LogP contribution in [0, 0.1) is 0 Å². The van der Waals surface area contributed by atoms with Crippen molar-refractivity contribution >= 4 is 15.9 Å². The third kappa shape index (κ3) is 1.99. The molecule has 0 aliphatic carbocycles. The van der Waals surface area contributed by atoms with E-state index in [0.717, 1.165) is 0 Å². The lowest BCUT2D eigenvalue weighted by atomic mass is 10.1. The van der Waals surface area contributed by atoms with Crippen LogP contribution in [0.4, 0.5) is 8.78 Å². The maximum absolute atomic E-state index is 13.7. The Balaban J connectivity index is 2.41. The van der Waals surface area contributed by atoms with Gasteiger partial charge in [0.15, 0.2) is 11.5 Å². The summed E-state index contributed by atoms with van der Waals surface area (Å²) in [6, 6.07) is 2.81. The average molecular weight is 294 g/mol. The zero-order chi connectivity index (χ0) is 11.8. The van der Waals surface area contributed by atoms with Crippen molar-refractivity contribution in [1.29, 1.82) is 0 Å². The molecule has 0 bridgehead atoms. The van der Waals surface area contributed by atoms with Gasteiger partial charge in [0, 0.05) is 10.0 Å². The number of likely N-dealkylation sites (N-methyl/N-ethyl adjacent to an activating group) is 1. The molecule has 1 heterocycles. The number of alkyl halides is 2. The van der Waals surface area contributed by atoms with Crippen molar-refractivity contribution in [3.8, 4) is 11.5 Å². The number of nitrogens with one attached hydrogen (secondary N) is 1. The van der Waals surface area contributed by atoms with E-state index in [1.54, 1.807) is 0 Å². The van der Waals surface area contributed by atoms with E-state index in [2.05, 4.69) is 21.2 Å². The highest BCUT2D eigenvalue weighted by molar-refractivity contribution is 9.10. The lowest BCUT2D eigenvalue weighted by Gasteiger charge is -2.18. The Morgan fingerprint density at radius 2 is 2.00 bits per heavy atom. The summed E-state index contributed by atoms with van der Waals surface area (Å²) in [5, 5.41) is 2.46. The molecule has 0 saturated carbocycles. The van der Waals surface area contributed by atoms with Crippen LogP contribution >= 0.6 is 15.9 Å². The molecule has 1 aliphatic heterocycles. The topological polar surface area (TPSA) is 30.5 Å². The molecule has 2 rings (SSSR count). The fraction of sp³-hybridized carbons (Fsp3) is 0.400. The summed E-state index contributed by atoms with van der Waals surface area (Å²) < 4.78 is 37.9. The van der Waals surface area contributed by atoms with Gasteiger partial charge in [-0.1, -0.05) is 15.9 Å². The molecule has 0 amide bonds. The highest BCUT2D eigenvalue weighted by Crippen LogP contribution is 2.42. The zero-order valence-corrected chi connectivity index (χ0v) is 10.1. The van der Waals surface area contributed by atoms with Gasteiger partial charge in [0.05, 0.1) is 6.54 Å². The average Bonchev–Trinajstić information content (AvgIpc) is 2.63. The minimum Gasteiger partial charge on any atom is -0.454 e. The van der Waals surface area contributed by atoms with E-state index in [-0.39, 0.29) is 12.4 Å². The van der Waals surface area contributed by atoms with Crippen molar-refractivity contribution in [2.45, 2.75) is 5.92 Å². The molecule has 1 aromatic carbocycles. The van der Waals surface area contributed by atoms with Crippen molar-refractivity contribution in [3.63, 3.8) is 0 Å². The molecule has 0 spiro atoms. The third-order valence-corrected chi connectivity index (χ3v) is 2.91. The molecule has 1 aliphatic rings. The molecule has 0 unspecified atom stereocenters. The van der Waals surface area contributed by atoms with Gasteiger partial charge in [-0.05, 0) is 19.2 Å². The van der Waals surface area contributed by atoms with E-state index < -0.39 is 12.5 Å². The van der Waals surface area contributed by atoms with Crippen LogP contribution in [-0.2, 0) is 5.92 Å². The van der Waals surface area contributed by atoms with Crippen LogP contribution in [0.15, 0.2) is 16.6 Å². The SMILES string of the molecule is CNCC(F)(F)c1cc2c(cc1Br)OCO2. The quantitative estimate of drug-likeness (QED) is 0.929. The van der Waals surface area contributed by atoms with Crippen molar-refractivity contribution in [2.75, 3.05) is 20.4 Å². The van der Waals surface area contributed by atoms with Gasteiger partial charge in [-0.2, -0.15) is 8.78 Å². The van der Waals surface area contributed by atoms with Crippen molar-refractivity contribution in [2.24, 2.45) is 0 Å². The summed E-state index contributed by atoms with van der Waals surface area (Å²) in [7, 11) is 1.48. The summed E-state index contributed by atoms with van der Waals surface area (Å²) in [4.78, 5) is 0. The van der Waals surface area contributed by atoms with Gasteiger partial charge < -0.3 is 14.8 Å². The predicted octanol–water partition coefficient (Wildman–Crippen LogP) is 2.49. The molecule has 6 heteroatoms. The second kappa shape index (κ2) is 4.18. The summed E-state index contributed by atoms with van der Waals surface area (Å²) in [5.41, 5.74) is -0.105. The molecule has 0 fully saturated rings. The van der Waals surface area contributed by atoms with E-state index >= 15 is 0 Å². The van der Waals surface area contributed by atoms with Crippen LogP contribution in [0.5, 0.6) is 11.5 Å². The normalized spacial score (nSPS) is 14.2. The van der Waals surface area contributed by atoms with Crippen LogP contribution in [0.25, 0.3) is 0 Å². The van der Waals surface area contributed by atoms with Crippen molar-refractivity contribution in [3.05, 3.63) is 22.2 Å². The van der Waals surface area contributed by atoms with Gasteiger partial charge in [-0.15, -0.1) is 0 Å². The largest absolute Gasteiger partial charge is 0.454 e. The highest BCUT2D eigenvalue weighted by Gasteiger charge is 2.34. The van der Waals surface area contributed by atoms with E-state index in [1.165, 1.54) is 19.2 Å². The maximum atomic E-state index is 13.7. The van der Waals surface area contributed by atoms with E-state index in [4.69, 9.17) is 9.47 Å². The van der Waals surface area contributed by atoms with Gasteiger partial charge in [0.1, 0.15) is 0 Å². The number of fused-ring (bicyclic) bond motifs is 1. The number of rotatable bonds is 3. The molecule has 3 nitrogen and oxygen atoms in total. The first-order valence-corrected chi connectivity index (χ1v) is 5.46. The smallest absolute Gasteiger partial charge is 0.286 e. The van der Waals surface area contributed by atoms with Gasteiger partial charge in [-0.3, -0.25) is 0 Å². The summed E-state index contributed by atoms with van der Waals surface area (Å²) in [6.07, 6.45) is 0. The first-order chi connectivity index (χ1) is 7.54. The van der Waals surface area contributed by atoms with Gasteiger partial charge in [-0.25, -0.2) is 0 Å². The second-order valence-corrected chi connectivity index (χ2v) is 4.27. The minimum atomic E-state index is -2.95. The molecule has 0 atom stereocenters. The van der Waals surface area contributed by atoms with E-state index in [1.807, 2.05) is 0 Å². The zero-order valence-electron chi connectivity index (χ0n) is 8.52. The molecular formula is C10H10BrF2NO2. The number of hydrogen-bond donors (Lipinski definition) is 1. The monoisotopic (exact) mass is 293 g/mol.